The second-order valence-corrected chi connectivity index (χ2v) is 7.61. The van der Waals surface area contributed by atoms with Crippen LogP contribution in [0.2, 0.25) is 0 Å². The van der Waals surface area contributed by atoms with Gasteiger partial charge in [-0.2, -0.15) is 5.10 Å². The van der Waals surface area contributed by atoms with Gasteiger partial charge in [-0.15, -0.1) is 0 Å². The van der Waals surface area contributed by atoms with E-state index in [4.69, 9.17) is 0 Å². The van der Waals surface area contributed by atoms with Crippen LogP contribution in [-0.4, -0.2) is 46.4 Å². The molecule has 0 radical (unpaired) electrons. The largest absolute Gasteiger partial charge is 0.321 e. The molecular weight excluding hydrogens is 370 g/mol. The van der Waals surface area contributed by atoms with Gasteiger partial charge in [0.15, 0.2) is 6.29 Å². The second-order valence-electron chi connectivity index (χ2n) is 7.61. The molecule has 0 saturated carbocycles. The molecule has 0 spiro atoms. The third-order valence-electron chi connectivity index (χ3n) is 5.39. The first-order valence-corrected chi connectivity index (χ1v) is 9.94. The molecule has 2 saturated heterocycles. The number of amides is 2. The Morgan fingerprint density at radius 2 is 2.10 bits per heavy atom. The van der Waals surface area contributed by atoms with Crippen molar-refractivity contribution in [3.63, 3.8) is 0 Å². The molecule has 154 valence electrons. The molecular formula is C20H27N7O2. The van der Waals surface area contributed by atoms with Crippen LogP contribution in [-0.2, 0) is 16.0 Å². The number of rotatable bonds is 6. The van der Waals surface area contributed by atoms with Crippen LogP contribution < -0.4 is 21.4 Å². The molecule has 4 rings (SSSR count). The first-order chi connectivity index (χ1) is 14.0. The van der Waals surface area contributed by atoms with Gasteiger partial charge in [-0.1, -0.05) is 30.3 Å². The number of carbonyl (C=O) groups excluding carboxylic acids is 2. The molecule has 3 heterocycles. The quantitative estimate of drug-likeness (QED) is 0.573. The Labute approximate surface area is 169 Å². The summed E-state index contributed by atoms with van der Waals surface area (Å²) in [4.78, 5) is 24.9. The van der Waals surface area contributed by atoms with Crippen molar-refractivity contribution in [2.45, 2.75) is 38.6 Å². The Morgan fingerprint density at radius 3 is 2.90 bits per heavy atom. The van der Waals surface area contributed by atoms with E-state index < -0.39 is 6.29 Å². The summed E-state index contributed by atoms with van der Waals surface area (Å²) in [5, 5.41) is 15.6. The Bertz CT molecular complexity index is 882. The van der Waals surface area contributed by atoms with E-state index in [0.29, 0.717) is 18.8 Å². The minimum Gasteiger partial charge on any atom is -0.321 e. The van der Waals surface area contributed by atoms with Gasteiger partial charge in [-0.05, 0) is 25.3 Å². The van der Waals surface area contributed by atoms with Crippen molar-refractivity contribution in [1.82, 2.24) is 30.8 Å². The van der Waals surface area contributed by atoms with Crippen LogP contribution in [0.25, 0.3) is 0 Å². The molecule has 3 unspecified atom stereocenters. The van der Waals surface area contributed by atoms with Gasteiger partial charge in [0.2, 0.25) is 11.8 Å². The predicted molar refractivity (Wildman–Crippen MR) is 108 cm³/mol. The van der Waals surface area contributed by atoms with Gasteiger partial charge < -0.3 is 10.6 Å². The molecule has 0 aliphatic carbocycles. The first-order valence-electron chi connectivity index (χ1n) is 9.94. The van der Waals surface area contributed by atoms with Crippen molar-refractivity contribution < 1.29 is 9.59 Å². The number of fused-ring (bicyclic) bond motifs is 1. The number of hydrogen-bond donors (Lipinski definition) is 4. The monoisotopic (exact) mass is 397 g/mol. The number of hydrogen-bond acceptors (Lipinski definition) is 6. The Balaban J connectivity index is 1.39. The fourth-order valence-electron chi connectivity index (χ4n) is 3.87. The summed E-state index contributed by atoms with van der Waals surface area (Å²) in [6, 6.07) is 11.9. The SMILES string of the molecule is Cc1cc(NC(=O)CCCc2ccccc2)n(C2NC(=O)C3CNN(C)C3N2)n1. The van der Waals surface area contributed by atoms with Crippen molar-refractivity contribution in [3.8, 4) is 0 Å². The highest BCUT2D eigenvalue weighted by atomic mass is 16.2. The van der Waals surface area contributed by atoms with Crippen LogP contribution in [0.5, 0.6) is 0 Å². The van der Waals surface area contributed by atoms with Crippen LogP contribution in [0.15, 0.2) is 36.4 Å². The van der Waals surface area contributed by atoms with Crippen molar-refractivity contribution in [1.29, 1.82) is 0 Å². The zero-order chi connectivity index (χ0) is 20.4. The van der Waals surface area contributed by atoms with Gasteiger partial charge in [0, 0.05) is 26.1 Å². The predicted octanol–water partition coefficient (Wildman–Crippen LogP) is 0.721. The van der Waals surface area contributed by atoms with E-state index >= 15 is 0 Å². The third-order valence-corrected chi connectivity index (χ3v) is 5.39. The molecule has 2 fully saturated rings. The van der Waals surface area contributed by atoms with Crippen LogP contribution in [0.3, 0.4) is 0 Å². The molecule has 2 aliphatic rings. The number of benzene rings is 1. The fourth-order valence-corrected chi connectivity index (χ4v) is 3.87. The van der Waals surface area contributed by atoms with E-state index in [0.717, 1.165) is 18.5 Å². The van der Waals surface area contributed by atoms with E-state index in [9.17, 15) is 9.59 Å². The lowest BCUT2D eigenvalue weighted by Crippen LogP contribution is -2.61. The van der Waals surface area contributed by atoms with E-state index in [1.54, 1.807) is 4.68 Å². The van der Waals surface area contributed by atoms with Crippen LogP contribution >= 0.6 is 0 Å². The number of hydrazine groups is 1. The lowest BCUT2D eigenvalue weighted by molar-refractivity contribution is -0.131. The van der Waals surface area contributed by atoms with E-state index in [1.165, 1.54) is 5.56 Å². The number of aryl methyl sites for hydroxylation is 2. The Kier molecular flexibility index (Phi) is 5.61. The smallest absolute Gasteiger partial charge is 0.230 e. The van der Waals surface area contributed by atoms with Crippen LogP contribution in [0.4, 0.5) is 5.82 Å². The van der Waals surface area contributed by atoms with Gasteiger partial charge in [0.1, 0.15) is 5.82 Å². The lowest BCUT2D eigenvalue weighted by atomic mass is 10.1. The number of aromatic nitrogens is 2. The van der Waals surface area contributed by atoms with Crippen molar-refractivity contribution in [2.24, 2.45) is 5.92 Å². The Morgan fingerprint density at radius 1 is 1.31 bits per heavy atom. The summed E-state index contributed by atoms with van der Waals surface area (Å²) < 4.78 is 1.63. The molecule has 0 bridgehead atoms. The molecule has 4 N–H and O–H groups in total. The highest BCUT2D eigenvalue weighted by Crippen LogP contribution is 2.23. The summed E-state index contributed by atoms with van der Waals surface area (Å²) in [5.74, 6) is 0.298. The number of anilines is 1. The average Bonchev–Trinajstić information content (AvgIpc) is 3.25. The van der Waals surface area contributed by atoms with Crippen LogP contribution in [0, 0.1) is 12.8 Å². The fraction of sp³-hybridized carbons (Fsp3) is 0.450. The molecule has 3 atom stereocenters. The molecule has 29 heavy (non-hydrogen) atoms. The summed E-state index contributed by atoms with van der Waals surface area (Å²) in [6.07, 6.45) is 1.38. The summed E-state index contributed by atoms with van der Waals surface area (Å²) in [5.41, 5.74) is 5.15. The van der Waals surface area contributed by atoms with Crippen molar-refractivity contribution >= 4 is 17.6 Å². The average molecular weight is 397 g/mol. The minimum atomic E-state index is -0.528. The van der Waals surface area contributed by atoms with Crippen molar-refractivity contribution in [2.75, 3.05) is 18.9 Å². The number of nitrogens with one attached hydrogen (secondary N) is 4. The number of nitrogens with zero attached hydrogens (tertiary/aromatic N) is 3. The standard InChI is InChI=1S/C20H27N7O2/c1-13-11-16(22-17(28)10-6-9-14-7-4-3-5-8-14)27(25-13)20-23-18-15(19(29)24-20)12-21-26(18)2/h3-5,7-8,11,15,18,20-21,23H,6,9-10,12H2,1-2H3,(H,22,28)(H,24,29). The molecule has 9 heteroatoms. The van der Waals surface area contributed by atoms with E-state index in [2.05, 4.69) is 38.6 Å². The maximum Gasteiger partial charge on any atom is 0.230 e. The molecule has 2 aromatic rings. The molecule has 1 aromatic carbocycles. The van der Waals surface area contributed by atoms with Gasteiger partial charge in [0.25, 0.3) is 0 Å². The lowest BCUT2D eigenvalue weighted by Gasteiger charge is -2.35. The Hall–Kier alpha value is -2.75. The molecule has 1 aromatic heterocycles. The number of carbonyl (C=O) groups is 2. The normalized spacial score (nSPS) is 24.2. The third kappa shape index (κ3) is 4.31. The first kappa shape index (κ1) is 19.6. The molecule has 2 amide bonds. The molecule has 9 nitrogen and oxygen atoms in total. The highest BCUT2D eigenvalue weighted by Gasteiger charge is 2.43. The highest BCUT2D eigenvalue weighted by molar-refractivity contribution is 5.90. The minimum absolute atomic E-state index is 0.0381. The van der Waals surface area contributed by atoms with Gasteiger partial charge in [-0.3, -0.25) is 20.3 Å². The summed E-state index contributed by atoms with van der Waals surface area (Å²) in [7, 11) is 1.90. The van der Waals surface area contributed by atoms with Gasteiger partial charge in [0.05, 0.1) is 17.8 Å². The zero-order valence-electron chi connectivity index (χ0n) is 16.7. The van der Waals surface area contributed by atoms with Crippen molar-refractivity contribution in [3.05, 3.63) is 47.7 Å². The topological polar surface area (TPSA) is 103 Å². The molecule has 2 aliphatic heterocycles. The van der Waals surface area contributed by atoms with E-state index in [1.807, 2.05) is 43.2 Å². The maximum atomic E-state index is 12.5. The van der Waals surface area contributed by atoms with Gasteiger partial charge in [-0.25, -0.2) is 9.69 Å². The van der Waals surface area contributed by atoms with E-state index in [-0.39, 0.29) is 23.9 Å². The maximum absolute atomic E-state index is 12.5. The second kappa shape index (κ2) is 8.32. The van der Waals surface area contributed by atoms with Gasteiger partial charge >= 0.3 is 0 Å². The zero-order valence-corrected chi connectivity index (χ0v) is 16.7. The summed E-state index contributed by atoms with van der Waals surface area (Å²) in [6.45, 7) is 2.45. The summed E-state index contributed by atoms with van der Waals surface area (Å²) >= 11 is 0. The van der Waals surface area contributed by atoms with Crippen LogP contribution in [0.1, 0.15) is 30.4 Å².